The number of carbonyl (C=O) groups excluding carboxylic acids is 1. The third-order valence-electron chi connectivity index (χ3n) is 6.24. The van der Waals surface area contributed by atoms with E-state index in [1.165, 1.54) is 7.11 Å². The third kappa shape index (κ3) is 3.35. The van der Waals surface area contributed by atoms with Crippen LogP contribution < -0.4 is 4.74 Å². The van der Waals surface area contributed by atoms with Gasteiger partial charge in [0, 0.05) is 13.0 Å². The van der Waals surface area contributed by atoms with Crippen LogP contribution in [0.1, 0.15) is 30.1 Å². The first-order valence-electron chi connectivity index (χ1n) is 10.0. The number of nitrogens with zero attached hydrogens (tertiary/aromatic N) is 1. The summed E-state index contributed by atoms with van der Waals surface area (Å²) in [6.45, 7) is 2.47. The Morgan fingerprint density at radius 1 is 1.03 bits per heavy atom. The van der Waals surface area contributed by atoms with Gasteiger partial charge in [-0.2, -0.15) is 0 Å². The fourth-order valence-corrected chi connectivity index (χ4v) is 4.58. The van der Waals surface area contributed by atoms with Gasteiger partial charge in [0.1, 0.15) is 17.9 Å². The van der Waals surface area contributed by atoms with E-state index in [4.69, 9.17) is 23.9 Å². The summed E-state index contributed by atoms with van der Waals surface area (Å²) in [6, 6.07) is 17.6. The van der Waals surface area contributed by atoms with Crippen molar-refractivity contribution in [3.8, 4) is 5.75 Å². The smallest absolute Gasteiger partial charge is 0.310 e. The highest BCUT2D eigenvalue weighted by atomic mass is 16.5. The lowest BCUT2D eigenvalue weighted by Gasteiger charge is -2.19. The van der Waals surface area contributed by atoms with Crippen molar-refractivity contribution in [1.82, 2.24) is 0 Å². The van der Waals surface area contributed by atoms with E-state index in [0.29, 0.717) is 12.5 Å². The Hall–Kier alpha value is -2.86. The van der Waals surface area contributed by atoms with Crippen LogP contribution in [0.5, 0.6) is 5.75 Å². The normalized spacial score (nSPS) is 29.7. The SMILES string of the molecule is COC[C@@H]1N=C([C@@]2(C)[C@H](C(=O)OC)[C@H]2c2ccc(OC)cc2)O[C@H]1c1ccccc1. The molecule has 2 aliphatic rings. The average molecular weight is 409 g/mol. The van der Waals surface area contributed by atoms with Gasteiger partial charge in [0.2, 0.25) is 0 Å². The van der Waals surface area contributed by atoms with Crippen molar-refractivity contribution < 1.29 is 23.7 Å². The highest BCUT2D eigenvalue weighted by molar-refractivity contribution is 5.97. The molecule has 1 heterocycles. The quantitative estimate of drug-likeness (QED) is 0.651. The van der Waals surface area contributed by atoms with Crippen molar-refractivity contribution >= 4 is 11.9 Å². The molecule has 5 atom stereocenters. The van der Waals surface area contributed by atoms with Gasteiger partial charge in [-0.1, -0.05) is 42.5 Å². The number of hydrogen-bond donors (Lipinski definition) is 0. The molecule has 0 N–H and O–H groups in total. The predicted molar refractivity (Wildman–Crippen MR) is 113 cm³/mol. The van der Waals surface area contributed by atoms with E-state index in [0.717, 1.165) is 16.9 Å². The van der Waals surface area contributed by atoms with E-state index in [1.54, 1.807) is 14.2 Å². The van der Waals surface area contributed by atoms with E-state index in [-0.39, 0.29) is 30.0 Å². The largest absolute Gasteiger partial charge is 0.497 e. The van der Waals surface area contributed by atoms with Gasteiger partial charge in [-0.15, -0.1) is 0 Å². The van der Waals surface area contributed by atoms with Gasteiger partial charge >= 0.3 is 5.97 Å². The van der Waals surface area contributed by atoms with Crippen LogP contribution in [0.15, 0.2) is 59.6 Å². The monoisotopic (exact) mass is 409 g/mol. The molecule has 0 amide bonds. The molecule has 0 spiro atoms. The maximum Gasteiger partial charge on any atom is 0.310 e. The summed E-state index contributed by atoms with van der Waals surface area (Å²) in [5, 5.41) is 0. The minimum absolute atomic E-state index is 0.0766. The lowest BCUT2D eigenvalue weighted by Crippen LogP contribution is -2.21. The zero-order valence-electron chi connectivity index (χ0n) is 17.7. The number of carbonyl (C=O) groups is 1. The van der Waals surface area contributed by atoms with Crippen molar-refractivity contribution in [2.24, 2.45) is 16.3 Å². The number of aliphatic imine (C=N–C) groups is 1. The maximum absolute atomic E-state index is 12.6. The van der Waals surface area contributed by atoms with Crippen molar-refractivity contribution in [2.45, 2.75) is 25.0 Å². The molecule has 30 heavy (non-hydrogen) atoms. The van der Waals surface area contributed by atoms with Crippen LogP contribution in [0.25, 0.3) is 0 Å². The van der Waals surface area contributed by atoms with Gasteiger partial charge in [0.25, 0.3) is 0 Å². The van der Waals surface area contributed by atoms with Gasteiger partial charge in [-0.25, -0.2) is 4.99 Å². The Labute approximate surface area is 176 Å². The second kappa shape index (κ2) is 8.11. The Kier molecular flexibility index (Phi) is 5.52. The Bertz CT molecular complexity index is 926. The van der Waals surface area contributed by atoms with Gasteiger partial charge in [-0.3, -0.25) is 4.79 Å². The molecule has 1 saturated carbocycles. The van der Waals surface area contributed by atoms with Crippen molar-refractivity contribution in [3.05, 3.63) is 65.7 Å². The number of methoxy groups -OCH3 is 3. The molecule has 0 radical (unpaired) electrons. The first-order valence-corrected chi connectivity index (χ1v) is 10.0. The predicted octanol–water partition coefficient (Wildman–Crippen LogP) is 3.77. The van der Waals surface area contributed by atoms with Crippen LogP contribution in [0.4, 0.5) is 0 Å². The van der Waals surface area contributed by atoms with Crippen molar-refractivity contribution in [2.75, 3.05) is 27.9 Å². The van der Waals surface area contributed by atoms with Crippen LogP contribution >= 0.6 is 0 Å². The lowest BCUT2D eigenvalue weighted by molar-refractivity contribution is -0.142. The molecule has 0 saturated heterocycles. The van der Waals surface area contributed by atoms with Crippen molar-refractivity contribution in [3.63, 3.8) is 0 Å². The van der Waals surface area contributed by atoms with E-state index < -0.39 is 5.41 Å². The molecule has 1 fully saturated rings. The highest BCUT2D eigenvalue weighted by Crippen LogP contribution is 2.67. The minimum Gasteiger partial charge on any atom is -0.497 e. The first-order chi connectivity index (χ1) is 14.5. The number of ether oxygens (including phenoxy) is 4. The van der Waals surface area contributed by atoms with E-state index in [1.807, 2.05) is 61.5 Å². The second-order valence-corrected chi connectivity index (χ2v) is 7.94. The molecule has 158 valence electrons. The lowest BCUT2D eigenvalue weighted by atomic mass is 10.0. The van der Waals surface area contributed by atoms with Crippen molar-refractivity contribution in [1.29, 1.82) is 0 Å². The summed E-state index contributed by atoms with van der Waals surface area (Å²) < 4.78 is 22.2. The van der Waals surface area contributed by atoms with E-state index in [2.05, 4.69) is 0 Å². The topological polar surface area (TPSA) is 66.4 Å². The number of hydrogen-bond acceptors (Lipinski definition) is 6. The molecule has 0 aromatic heterocycles. The third-order valence-corrected chi connectivity index (χ3v) is 6.24. The maximum atomic E-state index is 12.6. The zero-order valence-corrected chi connectivity index (χ0v) is 17.7. The van der Waals surface area contributed by atoms with Gasteiger partial charge in [0.05, 0.1) is 32.2 Å². The zero-order chi connectivity index (χ0) is 21.3. The summed E-state index contributed by atoms with van der Waals surface area (Å²) in [5.41, 5.74) is 1.50. The molecule has 6 heteroatoms. The van der Waals surface area contributed by atoms with Gasteiger partial charge in [-0.05, 0) is 30.2 Å². The van der Waals surface area contributed by atoms with Gasteiger partial charge in [0.15, 0.2) is 5.90 Å². The fourth-order valence-electron chi connectivity index (χ4n) is 4.58. The number of esters is 1. The summed E-state index contributed by atoms with van der Waals surface area (Å²) in [5.74, 6) is 0.680. The molecule has 2 aromatic carbocycles. The molecule has 0 bridgehead atoms. The summed E-state index contributed by atoms with van der Waals surface area (Å²) in [7, 11) is 4.71. The molecule has 1 aliphatic carbocycles. The summed E-state index contributed by atoms with van der Waals surface area (Å²) in [6.07, 6.45) is -0.242. The first kappa shape index (κ1) is 20.4. The summed E-state index contributed by atoms with van der Waals surface area (Å²) in [4.78, 5) is 17.5. The van der Waals surface area contributed by atoms with E-state index >= 15 is 0 Å². The molecular weight excluding hydrogens is 382 g/mol. The molecular formula is C24H27NO5. The molecule has 6 nitrogen and oxygen atoms in total. The Morgan fingerprint density at radius 3 is 2.33 bits per heavy atom. The Balaban J connectivity index is 1.67. The minimum atomic E-state index is -0.572. The van der Waals surface area contributed by atoms with Crippen LogP contribution in [-0.4, -0.2) is 45.8 Å². The second-order valence-electron chi connectivity index (χ2n) is 7.94. The van der Waals surface area contributed by atoms with Crippen LogP contribution in [0.2, 0.25) is 0 Å². The highest BCUT2D eigenvalue weighted by Gasteiger charge is 2.71. The van der Waals surface area contributed by atoms with Crippen LogP contribution in [0, 0.1) is 11.3 Å². The van der Waals surface area contributed by atoms with Crippen LogP contribution in [0.3, 0.4) is 0 Å². The molecule has 1 aliphatic heterocycles. The summed E-state index contributed by atoms with van der Waals surface area (Å²) >= 11 is 0. The number of rotatable bonds is 7. The van der Waals surface area contributed by atoms with E-state index in [9.17, 15) is 4.79 Å². The molecule has 0 unspecified atom stereocenters. The van der Waals surface area contributed by atoms with Crippen LogP contribution in [-0.2, 0) is 19.0 Å². The number of benzene rings is 2. The fraction of sp³-hybridized carbons (Fsp3) is 0.417. The Morgan fingerprint density at radius 2 is 1.73 bits per heavy atom. The standard InChI is InChI=1S/C24H27NO5/c1-24(19(20(24)22(26)29-4)15-10-12-17(28-3)13-11-15)23-25-18(14-27-2)21(30-23)16-8-6-5-7-9-16/h5-13,18-21H,14H2,1-4H3/t18-,19+,20-,21-,24+/m0/s1. The average Bonchev–Trinajstić information content (AvgIpc) is 3.20. The van der Waals surface area contributed by atoms with Gasteiger partial charge < -0.3 is 18.9 Å². The molecule has 2 aromatic rings. The molecule has 4 rings (SSSR count).